The van der Waals surface area contributed by atoms with Gasteiger partial charge in [0, 0.05) is 26.2 Å². The van der Waals surface area contributed by atoms with Gasteiger partial charge in [0.2, 0.25) is 0 Å². The lowest BCUT2D eigenvalue weighted by atomic mass is 10.1. The van der Waals surface area contributed by atoms with Gasteiger partial charge in [0.05, 0.1) is 19.3 Å². The van der Waals surface area contributed by atoms with E-state index in [4.69, 9.17) is 9.47 Å². The standard InChI is InChI=1S/C15H21NO3/c1-18-11-4-3-10-7-14(15(17)13(10)8-11)16-6-5-12(9-16)19-2/h3-4,8,12,14-15,17H,5-7,9H2,1-2H3. The lowest BCUT2D eigenvalue weighted by Crippen LogP contribution is -2.37. The van der Waals surface area contributed by atoms with Crippen molar-refractivity contribution in [2.24, 2.45) is 0 Å². The van der Waals surface area contributed by atoms with Crippen molar-refractivity contribution in [1.29, 1.82) is 0 Å². The average Bonchev–Trinajstić information content (AvgIpc) is 3.03. The Morgan fingerprint density at radius 3 is 2.84 bits per heavy atom. The Morgan fingerprint density at radius 2 is 2.16 bits per heavy atom. The van der Waals surface area contributed by atoms with Crippen LogP contribution in [0.5, 0.6) is 5.75 Å². The molecule has 1 N–H and O–H groups in total. The Kier molecular flexibility index (Phi) is 3.48. The highest BCUT2D eigenvalue weighted by Crippen LogP contribution is 2.37. The van der Waals surface area contributed by atoms with Gasteiger partial charge in [0.15, 0.2) is 0 Å². The van der Waals surface area contributed by atoms with Crippen molar-refractivity contribution < 1.29 is 14.6 Å². The first-order valence-corrected chi connectivity index (χ1v) is 6.84. The van der Waals surface area contributed by atoms with Gasteiger partial charge < -0.3 is 14.6 Å². The topological polar surface area (TPSA) is 41.9 Å². The molecule has 2 aliphatic rings. The fourth-order valence-electron chi connectivity index (χ4n) is 3.28. The summed E-state index contributed by atoms with van der Waals surface area (Å²) in [6.45, 7) is 1.93. The van der Waals surface area contributed by atoms with Gasteiger partial charge in [-0.05, 0) is 36.1 Å². The van der Waals surface area contributed by atoms with E-state index in [2.05, 4.69) is 11.0 Å². The van der Waals surface area contributed by atoms with Crippen LogP contribution in [0.25, 0.3) is 0 Å². The number of methoxy groups -OCH3 is 2. The molecule has 0 aromatic heterocycles. The van der Waals surface area contributed by atoms with Crippen molar-refractivity contribution in [1.82, 2.24) is 4.90 Å². The molecule has 3 rings (SSSR count). The van der Waals surface area contributed by atoms with Crippen LogP contribution >= 0.6 is 0 Å². The minimum absolute atomic E-state index is 0.183. The normalized spacial score (nSPS) is 30.6. The molecule has 0 saturated carbocycles. The molecule has 1 aliphatic carbocycles. The molecule has 0 radical (unpaired) electrons. The quantitative estimate of drug-likeness (QED) is 0.894. The molecule has 1 aliphatic heterocycles. The van der Waals surface area contributed by atoms with Gasteiger partial charge in [-0.25, -0.2) is 0 Å². The third-order valence-electron chi connectivity index (χ3n) is 4.44. The lowest BCUT2D eigenvalue weighted by molar-refractivity contribution is 0.0559. The molecular weight excluding hydrogens is 242 g/mol. The number of hydrogen-bond acceptors (Lipinski definition) is 4. The molecule has 1 aromatic carbocycles. The molecule has 19 heavy (non-hydrogen) atoms. The molecule has 3 atom stereocenters. The number of aliphatic hydroxyl groups is 1. The number of aliphatic hydroxyl groups excluding tert-OH is 1. The second-order valence-corrected chi connectivity index (χ2v) is 5.42. The third kappa shape index (κ3) is 2.24. The van der Waals surface area contributed by atoms with E-state index in [1.54, 1.807) is 14.2 Å². The number of nitrogens with zero attached hydrogens (tertiary/aromatic N) is 1. The number of rotatable bonds is 3. The molecule has 104 valence electrons. The van der Waals surface area contributed by atoms with Gasteiger partial charge in [-0.15, -0.1) is 0 Å². The molecule has 0 spiro atoms. The molecule has 3 unspecified atom stereocenters. The molecule has 1 heterocycles. The summed E-state index contributed by atoms with van der Waals surface area (Å²) >= 11 is 0. The number of fused-ring (bicyclic) bond motifs is 1. The van der Waals surface area contributed by atoms with Crippen LogP contribution in [0.4, 0.5) is 0 Å². The Morgan fingerprint density at radius 1 is 1.32 bits per heavy atom. The zero-order valence-electron chi connectivity index (χ0n) is 11.5. The molecule has 1 saturated heterocycles. The van der Waals surface area contributed by atoms with Crippen molar-refractivity contribution in [3.05, 3.63) is 29.3 Å². The van der Waals surface area contributed by atoms with Gasteiger partial charge in [0.1, 0.15) is 5.75 Å². The molecule has 0 bridgehead atoms. The van der Waals surface area contributed by atoms with Crippen molar-refractivity contribution in [2.75, 3.05) is 27.3 Å². The highest BCUT2D eigenvalue weighted by Gasteiger charge is 2.38. The monoisotopic (exact) mass is 263 g/mol. The highest BCUT2D eigenvalue weighted by molar-refractivity contribution is 5.41. The van der Waals surface area contributed by atoms with Gasteiger partial charge >= 0.3 is 0 Å². The van der Waals surface area contributed by atoms with E-state index in [0.29, 0.717) is 6.10 Å². The van der Waals surface area contributed by atoms with Gasteiger partial charge in [-0.3, -0.25) is 4.90 Å². The van der Waals surface area contributed by atoms with Crippen molar-refractivity contribution in [3.8, 4) is 5.75 Å². The Balaban J connectivity index is 1.77. The summed E-state index contributed by atoms with van der Waals surface area (Å²) in [5, 5.41) is 10.5. The Bertz CT molecular complexity index is 463. The second-order valence-electron chi connectivity index (χ2n) is 5.42. The van der Waals surface area contributed by atoms with Crippen LogP contribution in [0.15, 0.2) is 18.2 Å². The maximum Gasteiger partial charge on any atom is 0.119 e. The van der Waals surface area contributed by atoms with E-state index in [9.17, 15) is 5.11 Å². The van der Waals surface area contributed by atoms with Crippen LogP contribution in [0.2, 0.25) is 0 Å². The number of likely N-dealkylation sites (tertiary alicyclic amines) is 1. The molecule has 1 fully saturated rings. The van der Waals surface area contributed by atoms with E-state index in [1.165, 1.54) is 5.56 Å². The summed E-state index contributed by atoms with van der Waals surface area (Å²) in [5.74, 6) is 0.814. The zero-order valence-corrected chi connectivity index (χ0v) is 11.5. The SMILES string of the molecule is COc1ccc2c(c1)C(O)C(N1CCC(OC)C1)C2. The molecule has 4 nitrogen and oxygen atoms in total. The van der Waals surface area contributed by atoms with Crippen LogP contribution in [0.3, 0.4) is 0 Å². The van der Waals surface area contributed by atoms with E-state index in [0.717, 1.165) is 37.2 Å². The smallest absolute Gasteiger partial charge is 0.119 e. The fraction of sp³-hybridized carbons (Fsp3) is 0.600. The highest BCUT2D eigenvalue weighted by atomic mass is 16.5. The average molecular weight is 263 g/mol. The van der Waals surface area contributed by atoms with Gasteiger partial charge in [-0.2, -0.15) is 0 Å². The third-order valence-corrected chi connectivity index (χ3v) is 4.44. The first-order valence-electron chi connectivity index (χ1n) is 6.84. The minimum Gasteiger partial charge on any atom is -0.497 e. The predicted octanol–water partition coefficient (Wildman–Crippen LogP) is 1.37. The summed E-state index contributed by atoms with van der Waals surface area (Å²) in [6.07, 6.45) is 1.86. The number of hydrogen-bond donors (Lipinski definition) is 1. The molecule has 1 aromatic rings. The van der Waals surface area contributed by atoms with Crippen molar-refractivity contribution >= 4 is 0 Å². The summed E-state index contributed by atoms with van der Waals surface area (Å²) in [4.78, 5) is 2.35. The second kappa shape index (κ2) is 5.12. The summed E-state index contributed by atoms with van der Waals surface area (Å²) in [6, 6.07) is 6.18. The Labute approximate surface area is 113 Å². The molecule has 4 heteroatoms. The largest absolute Gasteiger partial charge is 0.497 e. The van der Waals surface area contributed by atoms with Gasteiger partial charge in [-0.1, -0.05) is 6.07 Å². The summed E-state index contributed by atoms with van der Waals surface area (Å²) in [5.41, 5.74) is 2.25. The zero-order chi connectivity index (χ0) is 13.4. The van der Waals surface area contributed by atoms with E-state index in [-0.39, 0.29) is 6.04 Å². The molecule has 0 amide bonds. The van der Waals surface area contributed by atoms with Crippen LogP contribution < -0.4 is 4.74 Å². The number of ether oxygens (including phenoxy) is 2. The number of benzene rings is 1. The van der Waals surface area contributed by atoms with Crippen LogP contribution in [0, 0.1) is 0 Å². The van der Waals surface area contributed by atoms with Crippen LogP contribution in [-0.4, -0.2) is 49.5 Å². The van der Waals surface area contributed by atoms with Crippen molar-refractivity contribution in [2.45, 2.75) is 31.1 Å². The summed E-state index contributed by atoms with van der Waals surface area (Å²) in [7, 11) is 3.42. The fourth-order valence-corrected chi connectivity index (χ4v) is 3.28. The first kappa shape index (κ1) is 12.9. The lowest BCUT2D eigenvalue weighted by Gasteiger charge is -2.26. The van der Waals surface area contributed by atoms with Crippen LogP contribution in [-0.2, 0) is 11.2 Å². The molecular formula is C15H21NO3. The predicted molar refractivity (Wildman–Crippen MR) is 72.4 cm³/mol. The maximum absolute atomic E-state index is 10.5. The Hall–Kier alpha value is -1.10. The van der Waals surface area contributed by atoms with Gasteiger partial charge in [0.25, 0.3) is 0 Å². The van der Waals surface area contributed by atoms with Crippen molar-refractivity contribution in [3.63, 3.8) is 0 Å². The maximum atomic E-state index is 10.5. The van der Waals surface area contributed by atoms with E-state index >= 15 is 0 Å². The minimum atomic E-state index is -0.416. The van der Waals surface area contributed by atoms with E-state index in [1.807, 2.05) is 12.1 Å². The van der Waals surface area contributed by atoms with Crippen LogP contribution in [0.1, 0.15) is 23.7 Å². The van der Waals surface area contributed by atoms with E-state index < -0.39 is 6.10 Å². The summed E-state index contributed by atoms with van der Waals surface area (Å²) < 4.78 is 10.6. The first-order chi connectivity index (χ1) is 9.22.